The van der Waals surface area contributed by atoms with Crippen LogP contribution in [0.15, 0.2) is 53.4 Å². The Hall–Kier alpha value is -2.56. The van der Waals surface area contributed by atoms with Crippen LogP contribution in [0.4, 0.5) is 8.78 Å². The number of esters is 1. The average molecular weight is 470 g/mol. The van der Waals surface area contributed by atoms with E-state index in [1.54, 1.807) is 18.2 Å². The van der Waals surface area contributed by atoms with Crippen molar-refractivity contribution in [1.82, 2.24) is 13.9 Å². The van der Waals surface area contributed by atoms with Crippen molar-refractivity contribution in [1.29, 1.82) is 0 Å². The largest absolute Gasteiger partial charge is 0.456 e. The second-order valence-electron chi connectivity index (χ2n) is 7.00. The van der Waals surface area contributed by atoms with Gasteiger partial charge in [-0.25, -0.2) is 13.4 Å². The smallest absolute Gasteiger partial charge is 0.324 e. The van der Waals surface area contributed by atoms with Crippen molar-refractivity contribution in [3.63, 3.8) is 0 Å². The van der Waals surface area contributed by atoms with E-state index in [-0.39, 0.29) is 29.2 Å². The minimum absolute atomic E-state index is 0.0103. The molecule has 2 aromatic carbocycles. The topological polar surface area (TPSA) is 81.5 Å². The summed E-state index contributed by atoms with van der Waals surface area (Å²) >= 11 is 5.82. The molecular formula is C20H18ClF2N3O4S. The number of ether oxygens (including phenoxy) is 1. The molecule has 1 aliphatic heterocycles. The highest BCUT2D eigenvalue weighted by Gasteiger charge is 2.40. The number of aromatic nitrogens is 2. The molecule has 164 valence electrons. The van der Waals surface area contributed by atoms with Gasteiger partial charge in [-0.15, -0.1) is 0 Å². The molecule has 1 fully saturated rings. The van der Waals surface area contributed by atoms with Crippen LogP contribution in [-0.4, -0.2) is 40.8 Å². The Morgan fingerprint density at radius 2 is 1.90 bits per heavy atom. The maximum atomic E-state index is 13.5. The Morgan fingerprint density at radius 3 is 2.61 bits per heavy atom. The number of fused-ring (bicyclic) bond motifs is 1. The van der Waals surface area contributed by atoms with Gasteiger partial charge in [-0.05, 0) is 49.2 Å². The van der Waals surface area contributed by atoms with Crippen LogP contribution in [-0.2, 0) is 26.2 Å². The fourth-order valence-electron chi connectivity index (χ4n) is 3.65. The first-order chi connectivity index (χ1) is 14.8. The fourth-order valence-corrected chi connectivity index (χ4v) is 5.42. The van der Waals surface area contributed by atoms with Gasteiger partial charge >= 0.3 is 12.5 Å². The lowest BCUT2D eigenvalue weighted by molar-refractivity contribution is -0.149. The zero-order valence-corrected chi connectivity index (χ0v) is 17.7. The van der Waals surface area contributed by atoms with E-state index in [9.17, 15) is 22.0 Å². The van der Waals surface area contributed by atoms with Gasteiger partial charge in [0.25, 0.3) is 0 Å². The summed E-state index contributed by atoms with van der Waals surface area (Å²) in [5, 5.41) is 0.387. The van der Waals surface area contributed by atoms with Gasteiger partial charge in [-0.3, -0.25) is 9.36 Å². The van der Waals surface area contributed by atoms with Crippen molar-refractivity contribution >= 4 is 38.6 Å². The van der Waals surface area contributed by atoms with Crippen molar-refractivity contribution < 1.29 is 26.7 Å². The zero-order valence-electron chi connectivity index (χ0n) is 16.1. The highest BCUT2D eigenvalue weighted by molar-refractivity contribution is 7.89. The summed E-state index contributed by atoms with van der Waals surface area (Å²) in [5.74, 6) is -0.919. The molecule has 0 bridgehead atoms. The lowest BCUT2D eigenvalue weighted by Gasteiger charge is -2.22. The predicted octanol–water partition coefficient (Wildman–Crippen LogP) is 3.98. The minimum atomic E-state index is -3.94. The summed E-state index contributed by atoms with van der Waals surface area (Å²) in [6.45, 7) is -3.21. The Morgan fingerprint density at radius 1 is 1.19 bits per heavy atom. The van der Waals surface area contributed by atoms with E-state index >= 15 is 0 Å². The molecule has 1 atom stereocenters. The fraction of sp³-hybridized carbons (Fsp3) is 0.300. The number of rotatable bonds is 6. The molecule has 0 amide bonds. The number of alkyl halides is 2. The van der Waals surface area contributed by atoms with Crippen LogP contribution >= 0.6 is 11.6 Å². The van der Waals surface area contributed by atoms with Crippen LogP contribution in [0.5, 0.6) is 0 Å². The Labute approximate surface area is 182 Å². The number of sulfonamides is 1. The van der Waals surface area contributed by atoms with Crippen molar-refractivity contribution in [2.45, 2.75) is 36.9 Å². The van der Waals surface area contributed by atoms with Gasteiger partial charge in [-0.2, -0.15) is 13.1 Å². The molecule has 0 saturated carbocycles. The third kappa shape index (κ3) is 4.15. The second-order valence-corrected chi connectivity index (χ2v) is 9.33. The molecule has 31 heavy (non-hydrogen) atoms. The third-order valence-corrected chi connectivity index (χ3v) is 7.28. The maximum absolute atomic E-state index is 13.5. The molecular weight excluding hydrogens is 452 g/mol. The monoisotopic (exact) mass is 469 g/mol. The highest BCUT2D eigenvalue weighted by Crippen LogP contribution is 2.28. The number of nitrogens with zero attached hydrogens (tertiary/aromatic N) is 3. The van der Waals surface area contributed by atoms with Gasteiger partial charge in [0.1, 0.15) is 12.6 Å². The third-order valence-electron chi connectivity index (χ3n) is 5.10. The molecule has 3 aromatic rings. The molecule has 0 unspecified atom stereocenters. The van der Waals surface area contributed by atoms with E-state index in [2.05, 4.69) is 4.98 Å². The van der Waals surface area contributed by atoms with Crippen LogP contribution in [0.2, 0.25) is 5.02 Å². The number of para-hydroxylation sites is 2. The quantitative estimate of drug-likeness (QED) is 0.510. The Balaban J connectivity index is 1.53. The number of hydrogen-bond acceptors (Lipinski definition) is 5. The molecule has 7 nitrogen and oxygen atoms in total. The second kappa shape index (κ2) is 8.52. The highest BCUT2D eigenvalue weighted by atomic mass is 35.5. The molecule has 11 heteroatoms. The van der Waals surface area contributed by atoms with Gasteiger partial charge in [0.2, 0.25) is 10.0 Å². The van der Waals surface area contributed by atoms with Gasteiger partial charge < -0.3 is 4.74 Å². The maximum Gasteiger partial charge on any atom is 0.324 e. The summed E-state index contributed by atoms with van der Waals surface area (Å²) in [7, 11) is -3.94. The van der Waals surface area contributed by atoms with Gasteiger partial charge in [0.15, 0.2) is 5.82 Å². The van der Waals surface area contributed by atoms with Gasteiger partial charge in [-0.1, -0.05) is 23.7 Å². The number of hydrogen-bond donors (Lipinski definition) is 0. The number of halogens is 3. The van der Waals surface area contributed by atoms with Crippen LogP contribution in [0.25, 0.3) is 11.0 Å². The lowest BCUT2D eigenvalue weighted by atomic mass is 10.2. The van der Waals surface area contributed by atoms with E-state index in [4.69, 9.17) is 16.3 Å². The lowest BCUT2D eigenvalue weighted by Crippen LogP contribution is -2.41. The van der Waals surface area contributed by atoms with Crippen LogP contribution in [0, 0.1) is 0 Å². The Kier molecular flexibility index (Phi) is 5.96. The van der Waals surface area contributed by atoms with E-state index in [0.717, 1.165) is 4.31 Å². The molecule has 0 spiro atoms. The summed E-state index contributed by atoms with van der Waals surface area (Å²) in [6.07, 6.45) is 0.749. The number of imidazole rings is 1. The summed E-state index contributed by atoms with van der Waals surface area (Å²) in [5.41, 5.74) is 0.568. The molecule has 0 aliphatic carbocycles. The molecule has 0 N–H and O–H groups in total. The Bertz CT molecular complexity index is 1210. The molecule has 1 saturated heterocycles. The van der Waals surface area contributed by atoms with Crippen molar-refractivity contribution in [2.75, 3.05) is 6.54 Å². The van der Waals surface area contributed by atoms with Gasteiger partial charge in [0, 0.05) is 11.6 Å². The van der Waals surface area contributed by atoms with Crippen molar-refractivity contribution in [2.24, 2.45) is 0 Å². The van der Waals surface area contributed by atoms with E-state index < -0.39 is 35.2 Å². The van der Waals surface area contributed by atoms with Crippen LogP contribution in [0.1, 0.15) is 25.2 Å². The first kappa shape index (κ1) is 21.7. The first-order valence-corrected chi connectivity index (χ1v) is 11.3. The molecule has 1 aliphatic rings. The summed E-state index contributed by atoms with van der Waals surface area (Å²) < 4.78 is 60.0. The first-order valence-electron chi connectivity index (χ1n) is 9.47. The molecule has 0 radical (unpaired) electrons. The van der Waals surface area contributed by atoms with E-state index in [0.29, 0.717) is 21.5 Å². The summed E-state index contributed by atoms with van der Waals surface area (Å²) in [4.78, 5) is 16.8. The SMILES string of the molecule is O=C(OCc1nc2ccccc2n1C(F)F)[C@@H]1CCCN1S(=O)(=O)c1ccc(Cl)cc1. The van der Waals surface area contributed by atoms with Crippen molar-refractivity contribution in [3.05, 3.63) is 59.4 Å². The summed E-state index contributed by atoms with van der Waals surface area (Å²) in [6, 6.07) is 10.9. The molecule has 4 rings (SSSR count). The normalized spacial score (nSPS) is 17.5. The molecule has 1 aromatic heterocycles. The molecule has 2 heterocycles. The van der Waals surface area contributed by atoms with Crippen LogP contribution in [0.3, 0.4) is 0 Å². The predicted molar refractivity (Wildman–Crippen MR) is 109 cm³/mol. The van der Waals surface area contributed by atoms with Crippen molar-refractivity contribution in [3.8, 4) is 0 Å². The van der Waals surface area contributed by atoms with Crippen LogP contribution < -0.4 is 0 Å². The van der Waals surface area contributed by atoms with E-state index in [1.807, 2.05) is 0 Å². The standard InChI is InChI=1S/C20H18ClF2N3O4S/c21-13-7-9-14(10-8-13)31(28,29)25-11-3-6-17(25)19(27)30-12-18-24-15-4-1-2-5-16(15)26(18)20(22)23/h1-2,4-5,7-10,17,20H,3,6,11-12H2/t17-/m0/s1. The van der Waals surface area contributed by atoms with Gasteiger partial charge in [0.05, 0.1) is 15.9 Å². The average Bonchev–Trinajstić information content (AvgIpc) is 3.37. The van der Waals surface area contributed by atoms with E-state index in [1.165, 1.54) is 30.3 Å². The number of benzene rings is 2. The minimum Gasteiger partial charge on any atom is -0.456 e. The zero-order chi connectivity index (χ0) is 22.2. The number of carbonyl (C=O) groups excluding carboxylic acids is 1. The number of carbonyl (C=O) groups is 1.